The summed E-state index contributed by atoms with van der Waals surface area (Å²) in [6.45, 7) is 8.09. The first-order valence-corrected chi connectivity index (χ1v) is 8.71. The third-order valence-corrected chi connectivity index (χ3v) is 4.69. The van der Waals surface area contributed by atoms with E-state index in [1.54, 1.807) is 4.90 Å². The van der Waals surface area contributed by atoms with Crippen LogP contribution in [-0.2, 0) is 9.53 Å². The summed E-state index contributed by atoms with van der Waals surface area (Å²) in [6, 6.07) is 5.95. The molecule has 134 valence electrons. The molecule has 1 fully saturated rings. The SMILES string of the molecule is CCOCC(=O)N1CCCC(O)(COc2ccc(C)c(C)c2)CC1. The molecule has 0 radical (unpaired) electrons. The molecule has 0 spiro atoms. The van der Waals surface area contributed by atoms with E-state index < -0.39 is 5.60 Å². The van der Waals surface area contributed by atoms with Crippen LogP contribution < -0.4 is 4.74 Å². The van der Waals surface area contributed by atoms with Gasteiger partial charge in [0.05, 0.1) is 0 Å². The smallest absolute Gasteiger partial charge is 0.248 e. The highest BCUT2D eigenvalue weighted by Gasteiger charge is 2.32. The Morgan fingerprint density at radius 1 is 1.25 bits per heavy atom. The van der Waals surface area contributed by atoms with Gasteiger partial charge >= 0.3 is 0 Å². The lowest BCUT2D eigenvalue weighted by atomic mass is 9.96. The Labute approximate surface area is 144 Å². The summed E-state index contributed by atoms with van der Waals surface area (Å²) >= 11 is 0. The van der Waals surface area contributed by atoms with E-state index >= 15 is 0 Å². The molecule has 1 aromatic rings. The van der Waals surface area contributed by atoms with Crippen molar-refractivity contribution in [1.29, 1.82) is 0 Å². The van der Waals surface area contributed by atoms with Gasteiger partial charge in [-0.25, -0.2) is 0 Å². The van der Waals surface area contributed by atoms with Crippen molar-refractivity contribution in [3.05, 3.63) is 29.3 Å². The van der Waals surface area contributed by atoms with Gasteiger partial charge in [0.2, 0.25) is 5.91 Å². The van der Waals surface area contributed by atoms with Crippen LogP contribution in [0.3, 0.4) is 0 Å². The number of rotatable bonds is 6. The van der Waals surface area contributed by atoms with Gasteiger partial charge in [0.25, 0.3) is 0 Å². The van der Waals surface area contributed by atoms with Gasteiger partial charge in [0.15, 0.2) is 0 Å². The molecular formula is C19H29NO4. The second kappa shape index (κ2) is 8.49. The maximum Gasteiger partial charge on any atom is 0.248 e. The molecule has 1 aromatic carbocycles. The quantitative estimate of drug-likeness (QED) is 0.867. The average molecular weight is 335 g/mol. The number of aliphatic hydroxyl groups is 1. The van der Waals surface area contributed by atoms with E-state index in [0.717, 1.165) is 12.2 Å². The van der Waals surface area contributed by atoms with Crippen LogP contribution in [0.25, 0.3) is 0 Å². The van der Waals surface area contributed by atoms with Crippen molar-refractivity contribution < 1.29 is 19.4 Å². The zero-order valence-electron chi connectivity index (χ0n) is 15.0. The monoisotopic (exact) mass is 335 g/mol. The summed E-state index contributed by atoms with van der Waals surface area (Å²) in [4.78, 5) is 13.8. The summed E-state index contributed by atoms with van der Waals surface area (Å²) in [5.41, 5.74) is 1.51. The number of amides is 1. The highest BCUT2D eigenvalue weighted by Crippen LogP contribution is 2.25. The first-order valence-electron chi connectivity index (χ1n) is 8.71. The van der Waals surface area contributed by atoms with Crippen LogP contribution in [0, 0.1) is 13.8 Å². The number of likely N-dealkylation sites (tertiary alicyclic amines) is 1. The van der Waals surface area contributed by atoms with E-state index in [4.69, 9.17) is 9.47 Å². The summed E-state index contributed by atoms with van der Waals surface area (Å²) in [5.74, 6) is 0.774. The number of ether oxygens (including phenoxy) is 2. The van der Waals surface area contributed by atoms with Crippen molar-refractivity contribution in [3.63, 3.8) is 0 Å². The average Bonchev–Trinajstić information content (AvgIpc) is 2.76. The van der Waals surface area contributed by atoms with Gasteiger partial charge in [-0.3, -0.25) is 4.79 Å². The van der Waals surface area contributed by atoms with E-state index in [9.17, 15) is 9.90 Å². The molecule has 5 nitrogen and oxygen atoms in total. The van der Waals surface area contributed by atoms with E-state index in [0.29, 0.717) is 32.5 Å². The molecule has 1 aliphatic rings. The molecular weight excluding hydrogens is 306 g/mol. The first kappa shape index (κ1) is 18.7. The van der Waals surface area contributed by atoms with Crippen molar-refractivity contribution >= 4 is 5.91 Å². The third-order valence-electron chi connectivity index (χ3n) is 4.69. The zero-order chi connectivity index (χ0) is 17.6. The lowest BCUT2D eigenvalue weighted by Crippen LogP contribution is -2.39. The van der Waals surface area contributed by atoms with E-state index in [1.807, 2.05) is 32.0 Å². The topological polar surface area (TPSA) is 59.0 Å². The Morgan fingerprint density at radius 3 is 2.75 bits per heavy atom. The van der Waals surface area contributed by atoms with Crippen molar-refractivity contribution in [1.82, 2.24) is 4.90 Å². The van der Waals surface area contributed by atoms with Gasteiger partial charge in [0, 0.05) is 19.7 Å². The van der Waals surface area contributed by atoms with E-state index in [1.165, 1.54) is 11.1 Å². The Bertz CT molecular complexity index is 560. The van der Waals surface area contributed by atoms with Crippen molar-refractivity contribution in [2.45, 2.75) is 45.6 Å². The highest BCUT2D eigenvalue weighted by molar-refractivity contribution is 5.77. The number of nitrogens with zero attached hydrogens (tertiary/aromatic N) is 1. The van der Waals surface area contributed by atoms with E-state index in [2.05, 4.69) is 6.92 Å². The standard InChI is InChI=1S/C19H29NO4/c1-4-23-13-18(21)20-10-5-8-19(22,9-11-20)14-24-17-7-6-15(2)16(3)12-17/h6-7,12,22H,4-5,8-11,13-14H2,1-3H3. The number of carbonyl (C=O) groups excluding carboxylic acids is 1. The molecule has 0 aromatic heterocycles. The van der Waals surface area contributed by atoms with Crippen LogP contribution >= 0.6 is 0 Å². The summed E-state index contributed by atoms with van der Waals surface area (Å²) in [6.07, 6.45) is 1.93. The molecule has 1 N–H and O–H groups in total. The van der Waals surface area contributed by atoms with Crippen molar-refractivity contribution in [2.24, 2.45) is 0 Å². The van der Waals surface area contributed by atoms with Gasteiger partial charge in [-0.05, 0) is 63.3 Å². The van der Waals surface area contributed by atoms with Gasteiger partial charge in [-0.1, -0.05) is 6.07 Å². The maximum atomic E-state index is 12.1. The Morgan fingerprint density at radius 2 is 2.04 bits per heavy atom. The van der Waals surface area contributed by atoms with E-state index in [-0.39, 0.29) is 19.1 Å². The maximum absolute atomic E-state index is 12.1. The van der Waals surface area contributed by atoms with Crippen LogP contribution in [-0.4, -0.2) is 54.4 Å². The summed E-state index contributed by atoms with van der Waals surface area (Å²) < 4.78 is 11.0. The van der Waals surface area contributed by atoms with Crippen molar-refractivity contribution in [3.8, 4) is 5.75 Å². The van der Waals surface area contributed by atoms with Gasteiger partial charge in [-0.2, -0.15) is 0 Å². The molecule has 1 amide bonds. The van der Waals surface area contributed by atoms with Crippen LogP contribution in [0.2, 0.25) is 0 Å². The molecule has 24 heavy (non-hydrogen) atoms. The van der Waals surface area contributed by atoms with Crippen molar-refractivity contribution in [2.75, 3.05) is 32.9 Å². The molecule has 1 unspecified atom stereocenters. The minimum Gasteiger partial charge on any atom is -0.491 e. The van der Waals surface area contributed by atoms with Gasteiger partial charge < -0.3 is 19.5 Å². The predicted octanol–water partition coefficient (Wildman–Crippen LogP) is 2.46. The Balaban J connectivity index is 1.88. The Kier molecular flexibility index (Phi) is 6.63. The fourth-order valence-corrected chi connectivity index (χ4v) is 2.87. The number of benzene rings is 1. The van der Waals surface area contributed by atoms with Gasteiger partial charge in [0.1, 0.15) is 24.6 Å². The zero-order valence-corrected chi connectivity index (χ0v) is 15.0. The number of hydrogen-bond donors (Lipinski definition) is 1. The molecule has 1 aliphatic heterocycles. The molecule has 2 rings (SSSR count). The minimum atomic E-state index is -0.889. The number of carbonyl (C=O) groups is 1. The Hall–Kier alpha value is -1.59. The molecule has 5 heteroatoms. The van der Waals surface area contributed by atoms with Gasteiger partial charge in [-0.15, -0.1) is 0 Å². The fraction of sp³-hybridized carbons (Fsp3) is 0.632. The number of hydrogen-bond acceptors (Lipinski definition) is 4. The second-order valence-electron chi connectivity index (χ2n) is 6.63. The van der Waals surface area contributed by atoms with Crippen LogP contribution in [0.15, 0.2) is 18.2 Å². The molecule has 0 bridgehead atoms. The van der Waals surface area contributed by atoms with Crippen LogP contribution in [0.4, 0.5) is 0 Å². The largest absolute Gasteiger partial charge is 0.491 e. The lowest BCUT2D eigenvalue weighted by molar-refractivity contribution is -0.136. The normalized spacial score (nSPS) is 21.4. The molecule has 0 aliphatic carbocycles. The summed E-state index contributed by atoms with van der Waals surface area (Å²) in [7, 11) is 0. The van der Waals surface area contributed by atoms with Crippen LogP contribution in [0.5, 0.6) is 5.75 Å². The molecule has 0 saturated carbocycles. The third kappa shape index (κ3) is 5.21. The first-order chi connectivity index (χ1) is 11.4. The van der Waals surface area contributed by atoms with Crippen LogP contribution in [0.1, 0.15) is 37.3 Å². The summed E-state index contributed by atoms with van der Waals surface area (Å²) in [5, 5.41) is 10.8. The second-order valence-corrected chi connectivity index (χ2v) is 6.63. The fourth-order valence-electron chi connectivity index (χ4n) is 2.87. The lowest BCUT2D eigenvalue weighted by Gasteiger charge is -2.27. The number of aryl methyl sites for hydroxylation is 2. The molecule has 1 atom stereocenters. The predicted molar refractivity (Wildman–Crippen MR) is 93.3 cm³/mol. The highest BCUT2D eigenvalue weighted by atomic mass is 16.5. The molecule has 1 saturated heterocycles. The molecule has 1 heterocycles. The minimum absolute atomic E-state index is 0.00354.